The van der Waals surface area contributed by atoms with Gasteiger partial charge in [-0.25, -0.2) is 0 Å². The van der Waals surface area contributed by atoms with E-state index >= 15 is 0 Å². The highest BCUT2D eigenvalue weighted by atomic mass is 16.5. The fourth-order valence-corrected chi connectivity index (χ4v) is 5.57. The molecule has 0 spiro atoms. The van der Waals surface area contributed by atoms with Gasteiger partial charge in [0.15, 0.2) is 0 Å². The summed E-state index contributed by atoms with van der Waals surface area (Å²) in [5.41, 5.74) is 0.794. The Bertz CT molecular complexity index is 686. The van der Waals surface area contributed by atoms with Crippen LogP contribution in [0.1, 0.15) is 52.2 Å². The molecule has 1 aromatic rings. The van der Waals surface area contributed by atoms with Crippen molar-refractivity contribution >= 4 is 5.97 Å². The van der Waals surface area contributed by atoms with Gasteiger partial charge >= 0.3 is 5.97 Å². The predicted octanol–water partition coefficient (Wildman–Crippen LogP) is 4.14. The van der Waals surface area contributed by atoms with Crippen molar-refractivity contribution in [2.45, 2.75) is 52.2 Å². The number of esters is 1. The molecular weight excluding hydrogens is 316 g/mol. The number of rotatable bonds is 3. The second kappa shape index (κ2) is 5.73. The molecule has 0 unspecified atom stereocenters. The molecule has 4 nitrogen and oxygen atoms in total. The van der Waals surface area contributed by atoms with Gasteiger partial charge in [-0.3, -0.25) is 4.79 Å². The van der Waals surface area contributed by atoms with Crippen molar-refractivity contribution in [1.29, 1.82) is 0 Å². The van der Waals surface area contributed by atoms with Gasteiger partial charge in [0.1, 0.15) is 11.4 Å². The summed E-state index contributed by atoms with van der Waals surface area (Å²) in [5, 5.41) is 0. The minimum atomic E-state index is -0.240. The Hall–Kier alpha value is -1.55. The van der Waals surface area contributed by atoms with Crippen molar-refractivity contribution < 1.29 is 19.0 Å². The summed E-state index contributed by atoms with van der Waals surface area (Å²) in [7, 11) is 0. The van der Waals surface area contributed by atoms with E-state index in [1.165, 1.54) is 0 Å². The second-order valence-electron chi connectivity index (χ2n) is 8.35. The molecule has 2 bridgehead atoms. The van der Waals surface area contributed by atoms with Crippen LogP contribution in [0.25, 0.3) is 0 Å². The molecule has 6 atom stereocenters. The Labute approximate surface area is 149 Å². The van der Waals surface area contributed by atoms with Crippen LogP contribution < -0.4 is 4.74 Å². The van der Waals surface area contributed by atoms with Gasteiger partial charge in [-0.15, -0.1) is 0 Å². The lowest BCUT2D eigenvalue weighted by molar-refractivity contribution is -0.262. The van der Waals surface area contributed by atoms with E-state index in [1.54, 1.807) is 0 Å². The van der Waals surface area contributed by atoms with Crippen LogP contribution >= 0.6 is 0 Å². The fourth-order valence-electron chi connectivity index (χ4n) is 5.57. The quantitative estimate of drug-likeness (QED) is 0.773. The molecule has 0 amide bonds. The summed E-state index contributed by atoms with van der Waals surface area (Å²) >= 11 is 0. The van der Waals surface area contributed by atoms with Crippen LogP contribution in [-0.2, 0) is 14.3 Å². The van der Waals surface area contributed by atoms with Crippen LogP contribution in [-0.4, -0.2) is 24.8 Å². The summed E-state index contributed by atoms with van der Waals surface area (Å²) in [5.74, 6) is 1.82. The Kier molecular flexibility index (Phi) is 3.87. The monoisotopic (exact) mass is 344 g/mol. The molecule has 1 aromatic carbocycles. The Morgan fingerprint density at radius 1 is 1.32 bits per heavy atom. The predicted molar refractivity (Wildman–Crippen MR) is 94.3 cm³/mol. The zero-order valence-electron chi connectivity index (χ0n) is 15.6. The minimum absolute atomic E-state index is 0.0625. The van der Waals surface area contributed by atoms with E-state index in [9.17, 15) is 4.79 Å². The van der Waals surface area contributed by atoms with Crippen molar-refractivity contribution in [3.8, 4) is 5.75 Å². The molecule has 0 aromatic heterocycles. The van der Waals surface area contributed by atoms with Gasteiger partial charge in [0, 0.05) is 23.3 Å². The summed E-state index contributed by atoms with van der Waals surface area (Å²) in [6, 6.07) is 8.24. The first-order chi connectivity index (χ1) is 11.9. The standard InChI is InChI=1S/C21H28O4/c1-5-17(22)23-11-21-12-24-19-15-8-6-7-9-16(15)25-20(4,10-13(21)2)18(19)14(21)3/h6-9,13-14,18-19H,5,10-12H2,1-4H3/t13-,14-,18+,19-,20-,21-/m0/s1. The summed E-state index contributed by atoms with van der Waals surface area (Å²) in [6.45, 7) is 9.70. The highest BCUT2D eigenvalue weighted by Gasteiger charge is 2.64. The average Bonchev–Trinajstić information content (AvgIpc) is 2.59. The third-order valence-electron chi connectivity index (χ3n) is 7.06. The maximum atomic E-state index is 11.8. The van der Waals surface area contributed by atoms with Gasteiger partial charge in [-0.2, -0.15) is 0 Å². The zero-order chi connectivity index (χ0) is 17.8. The Morgan fingerprint density at radius 2 is 2.08 bits per heavy atom. The first-order valence-corrected chi connectivity index (χ1v) is 9.46. The van der Waals surface area contributed by atoms with Crippen molar-refractivity contribution in [1.82, 2.24) is 0 Å². The van der Waals surface area contributed by atoms with Gasteiger partial charge in [0.05, 0.1) is 19.3 Å². The summed E-state index contributed by atoms with van der Waals surface area (Å²) in [4.78, 5) is 11.8. The fraction of sp³-hybridized carbons (Fsp3) is 0.667. The lowest BCUT2D eigenvalue weighted by atomic mass is 9.50. The van der Waals surface area contributed by atoms with Crippen LogP contribution in [0.2, 0.25) is 0 Å². The molecule has 1 saturated heterocycles. The van der Waals surface area contributed by atoms with E-state index in [0.717, 1.165) is 17.7 Å². The number of fused-ring (bicyclic) bond motifs is 3. The van der Waals surface area contributed by atoms with E-state index in [2.05, 4.69) is 39.0 Å². The molecule has 0 N–H and O–H groups in total. The zero-order valence-corrected chi connectivity index (χ0v) is 15.6. The first-order valence-electron chi connectivity index (χ1n) is 9.46. The number of carbonyl (C=O) groups is 1. The number of carbonyl (C=O) groups excluding carboxylic acids is 1. The van der Waals surface area contributed by atoms with Gasteiger partial charge < -0.3 is 14.2 Å². The Morgan fingerprint density at radius 3 is 2.84 bits per heavy atom. The van der Waals surface area contributed by atoms with Crippen molar-refractivity contribution in [3.63, 3.8) is 0 Å². The average molecular weight is 344 g/mol. The normalized spacial score (nSPS) is 41.4. The van der Waals surface area contributed by atoms with Gasteiger partial charge in [0.2, 0.25) is 0 Å². The third kappa shape index (κ3) is 2.33. The molecule has 4 heteroatoms. The number of ether oxygens (including phenoxy) is 3. The molecule has 136 valence electrons. The Balaban J connectivity index is 1.72. The van der Waals surface area contributed by atoms with E-state index in [1.807, 2.05) is 13.0 Å². The minimum Gasteiger partial charge on any atom is -0.487 e. The highest BCUT2D eigenvalue weighted by Crippen LogP contribution is 2.63. The van der Waals surface area contributed by atoms with Crippen molar-refractivity contribution in [3.05, 3.63) is 29.8 Å². The number of para-hydroxylation sites is 1. The number of hydrogen-bond donors (Lipinski definition) is 0. The van der Waals surface area contributed by atoms with Crippen molar-refractivity contribution in [2.75, 3.05) is 13.2 Å². The SMILES string of the molecule is CCC(=O)OC[C@]12CO[C@H]3c4ccccc4O[C@@](C)(C[C@@H]1C)[C@@H]3[C@@H]2C. The molecule has 2 heterocycles. The van der Waals surface area contributed by atoms with Gasteiger partial charge in [0.25, 0.3) is 0 Å². The molecule has 1 saturated carbocycles. The second-order valence-corrected chi connectivity index (χ2v) is 8.35. The topological polar surface area (TPSA) is 44.8 Å². The molecule has 4 rings (SSSR count). The van der Waals surface area contributed by atoms with E-state index in [-0.39, 0.29) is 29.0 Å². The molecule has 2 aliphatic heterocycles. The third-order valence-corrected chi connectivity index (χ3v) is 7.06. The number of benzene rings is 1. The summed E-state index contributed by atoms with van der Waals surface area (Å²) < 4.78 is 18.6. The first kappa shape index (κ1) is 16.9. The largest absolute Gasteiger partial charge is 0.487 e. The van der Waals surface area contributed by atoms with Crippen LogP contribution in [0.5, 0.6) is 5.75 Å². The summed E-state index contributed by atoms with van der Waals surface area (Å²) in [6.07, 6.45) is 1.44. The van der Waals surface area contributed by atoms with E-state index in [0.29, 0.717) is 31.5 Å². The van der Waals surface area contributed by atoms with Gasteiger partial charge in [-0.1, -0.05) is 39.0 Å². The van der Waals surface area contributed by atoms with Crippen LogP contribution in [0, 0.1) is 23.2 Å². The van der Waals surface area contributed by atoms with Crippen LogP contribution in [0.3, 0.4) is 0 Å². The number of hydrogen-bond acceptors (Lipinski definition) is 4. The lowest BCUT2D eigenvalue weighted by Gasteiger charge is -2.63. The molecule has 2 fully saturated rings. The molecule has 3 aliphatic rings. The molecule has 1 aliphatic carbocycles. The van der Waals surface area contributed by atoms with Gasteiger partial charge in [-0.05, 0) is 31.2 Å². The van der Waals surface area contributed by atoms with Crippen LogP contribution in [0.15, 0.2) is 24.3 Å². The van der Waals surface area contributed by atoms with Crippen LogP contribution in [0.4, 0.5) is 0 Å². The smallest absolute Gasteiger partial charge is 0.305 e. The van der Waals surface area contributed by atoms with E-state index in [4.69, 9.17) is 14.2 Å². The molecule has 25 heavy (non-hydrogen) atoms. The highest BCUT2D eigenvalue weighted by molar-refractivity contribution is 5.68. The molecule has 0 radical (unpaired) electrons. The maximum Gasteiger partial charge on any atom is 0.305 e. The van der Waals surface area contributed by atoms with E-state index < -0.39 is 0 Å². The maximum absolute atomic E-state index is 11.8. The molecular formula is C21H28O4. The van der Waals surface area contributed by atoms with Crippen molar-refractivity contribution in [2.24, 2.45) is 23.2 Å². The lowest BCUT2D eigenvalue weighted by Crippen LogP contribution is -2.66.